The minimum absolute atomic E-state index is 0.0799. The second-order valence-corrected chi connectivity index (χ2v) is 9.77. The number of nitrogens with zero attached hydrogens (tertiary/aromatic N) is 1. The van der Waals surface area contributed by atoms with Gasteiger partial charge in [0.2, 0.25) is 15.9 Å². The third kappa shape index (κ3) is 5.81. The van der Waals surface area contributed by atoms with Crippen molar-refractivity contribution in [3.63, 3.8) is 0 Å². The van der Waals surface area contributed by atoms with Crippen LogP contribution in [0.15, 0.2) is 83.8 Å². The molecular formula is C25H28N2O3S. The molecule has 0 saturated carbocycles. The average Bonchev–Trinajstić information content (AvgIpc) is 2.78. The summed E-state index contributed by atoms with van der Waals surface area (Å²) in [6, 6.07) is 24.6. The maximum absolute atomic E-state index is 12.5. The predicted octanol–water partition coefficient (Wildman–Crippen LogP) is 4.24. The molecule has 0 radical (unpaired) electrons. The Labute approximate surface area is 184 Å². The molecule has 3 aromatic carbocycles. The Balaban J connectivity index is 1.55. The summed E-state index contributed by atoms with van der Waals surface area (Å²) in [6.07, 6.45) is 0.292. The van der Waals surface area contributed by atoms with E-state index in [1.54, 1.807) is 31.3 Å². The van der Waals surface area contributed by atoms with Gasteiger partial charge in [-0.1, -0.05) is 66.7 Å². The number of sulfonamides is 1. The quantitative estimate of drug-likeness (QED) is 0.574. The molecular weight excluding hydrogens is 408 g/mol. The van der Waals surface area contributed by atoms with Crippen molar-refractivity contribution >= 4 is 15.9 Å². The topological polar surface area (TPSA) is 66.5 Å². The summed E-state index contributed by atoms with van der Waals surface area (Å²) < 4.78 is 26.4. The molecule has 0 heterocycles. The smallest absolute Gasteiger partial charge is 0.243 e. The maximum atomic E-state index is 12.5. The normalized spacial score (nSPS) is 11.6. The van der Waals surface area contributed by atoms with Gasteiger partial charge < -0.3 is 5.32 Å². The fraction of sp³-hybridized carbons (Fsp3) is 0.240. The van der Waals surface area contributed by atoms with Crippen molar-refractivity contribution in [1.82, 2.24) is 9.62 Å². The van der Waals surface area contributed by atoms with Crippen LogP contribution in [0, 0.1) is 0 Å². The molecule has 6 heteroatoms. The third-order valence-corrected chi connectivity index (χ3v) is 7.29. The number of nitrogens with one attached hydrogen (secondary N) is 1. The Hall–Kier alpha value is -2.96. The molecule has 0 atom stereocenters. The number of amides is 1. The Morgan fingerprint density at radius 1 is 0.839 bits per heavy atom. The van der Waals surface area contributed by atoms with E-state index in [2.05, 4.69) is 17.4 Å². The molecule has 31 heavy (non-hydrogen) atoms. The molecule has 0 saturated heterocycles. The van der Waals surface area contributed by atoms with Crippen molar-refractivity contribution in [3.05, 3.63) is 90.0 Å². The fourth-order valence-electron chi connectivity index (χ4n) is 3.12. The minimum Gasteiger partial charge on any atom is -0.352 e. The van der Waals surface area contributed by atoms with Gasteiger partial charge in [0, 0.05) is 19.6 Å². The van der Waals surface area contributed by atoms with E-state index < -0.39 is 10.0 Å². The summed E-state index contributed by atoms with van der Waals surface area (Å²) >= 11 is 0. The Kier molecular flexibility index (Phi) is 7.25. The molecule has 0 unspecified atom stereocenters. The number of carbonyl (C=O) groups excluding carboxylic acids is 1. The SMILES string of the molecule is CC(C)N(C)S(=O)(=O)c1ccc(CNC(=O)Cc2ccc(-c3ccccc3)cc2)cc1. The van der Waals surface area contributed by atoms with Crippen molar-refractivity contribution in [3.8, 4) is 11.1 Å². The van der Waals surface area contributed by atoms with Crippen molar-refractivity contribution < 1.29 is 13.2 Å². The van der Waals surface area contributed by atoms with Crippen LogP contribution in [0.25, 0.3) is 11.1 Å². The number of benzene rings is 3. The van der Waals surface area contributed by atoms with E-state index in [9.17, 15) is 13.2 Å². The van der Waals surface area contributed by atoms with Gasteiger partial charge in [-0.15, -0.1) is 0 Å². The molecule has 3 aromatic rings. The van der Waals surface area contributed by atoms with Crippen LogP contribution in [0.2, 0.25) is 0 Å². The molecule has 0 aliphatic heterocycles. The van der Waals surface area contributed by atoms with E-state index in [1.165, 1.54) is 4.31 Å². The summed E-state index contributed by atoms with van der Waals surface area (Å²) in [5.74, 6) is -0.0799. The molecule has 162 valence electrons. The molecule has 3 rings (SSSR count). The van der Waals surface area contributed by atoms with E-state index in [1.807, 2.05) is 56.3 Å². The van der Waals surface area contributed by atoms with E-state index in [0.29, 0.717) is 13.0 Å². The zero-order chi connectivity index (χ0) is 22.4. The largest absolute Gasteiger partial charge is 0.352 e. The summed E-state index contributed by atoms with van der Waals surface area (Å²) in [5.41, 5.74) is 4.04. The van der Waals surface area contributed by atoms with Crippen LogP contribution in [0.3, 0.4) is 0 Å². The zero-order valence-corrected chi connectivity index (χ0v) is 18.9. The van der Waals surface area contributed by atoms with Crippen molar-refractivity contribution in [2.45, 2.75) is 37.8 Å². The fourth-order valence-corrected chi connectivity index (χ4v) is 4.48. The number of hydrogen-bond donors (Lipinski definition) is 1. The lowest BCUT2D eigenvalue weighted by Crippen LogP contribution is -2.33. The lowest BCUT2D eigenvalue weighted by atomic mass is 10.0. The summed E-state index contributed by atoms with van der Waals surface area (Å²) in [7, 11) is -1.93. The predicted molar refractivity (Wildman–Crippen MR) is 124 cm³/mol. The van der Waals surface area contributed by atoms with Gasteiger partial charge in [0.1, 0.15) is 0 Å². The van der Waals surface area contributed by atoms with Gasteiger partial charge in [-0.05, 0) is 48.2 Å². The van der Waals surface area contributed by atoms with Crippen LogP contribution in [0.4, 0.5) is 0 Å². The molecule has 0 aliphatic carbocycles. The minimum atomic E-state index is -3.50. The van der Waals surface area contributed by atoms with E-state index >= 15 is 0 Å². The van der Waals surface area contributed by atoms with Crippen LogP contribution in [-0.2, 0) is 27.8 Å². The summed E-state index contributed by atoms with van der Waals surface area (Å²) in [5, 5.41) is 2.89. The highest BCUT2D eigenvalue weighted by Crippen LogP contribution is 2.20. The van der Waals surface area contributed by atoms with Crippen LogP contribution in [-0.4, -0.2) is 31.7 Å². The first kappa shape index (κ1) is 22.7. The molecule has 1 amide bonds. The molecule has 0 aliphatic rings. The first-order valence-corrected chi connectivity index (χ1v) is 11.7. The first-order valence-electron chi connectivity index (χ1n) is 10.3. The van der Waals surface area contributed by atoms with Crippen LogP contribution in [0.5, 0.6) is 0 Å². The molecule has 0 spiro atoms. The van der Waals surface area contributed by atoms with E-state index in [4.69, 9.17) is 0 Å². The van der Waals surface area contributed by atoms with Crippen molar-refractivity contribution in [2.75, 3.05) is 7.05 Å². The lowest BCUT2D eigenvalue weighted by Gasteiger charge is -2.21. The maximum Gasteiger partial charge on any atom is 0.243 e. The lowest BCUT2D eigenvalue weighted by molar-refractivity contribution is -0.120. The Morgan fingerprint density at radius 2 is 1.39 bits per heavy atom. The second kappa shape index (κ2) is 9.90. The van der Waals surface area contributed by atoms with Crippen LogP contribution >= 0.6 is 0 Å². The standard InChI is InChI=1S/C25H28N2O3S/c1-19(2)27(3)31(29,30)24-15-11-21(12-16-24)18-26-25(28)17-20-9-13-23(14-10-20)22-7-5-4-6-8-22/h4-16,19H,17-18H2,1-3H3,(H,26,28). The van der Waals surface area contributed by atoms with Gasteiger partial charge in [0.25, 0.3) is 0 Å². The Bertz CT molecular complexity index is 1110. The van der Waals surface area contributed by atoms with E-state index in [0.717, 1.165) is 22.3 Å². The van der Waals surface area contributed by atoms with Crippen LogP contribution in [0.1, 0.15) is 25.0 Å². The van der Waals surface area contributed by atoms with Crippen molar-refractivity contribution in [2.24, 2.45) is 0 Å². The highest BCUT2D eigenvalue weighted by Gasteiger charge is 2.22. The van der Waals surface area contributed by atoms with Gasteiger partial charge in [-0.2, -0.15) is 4.31 Å². The zero-order valence-electron chi connectivity index (χ0n) is 18.1. The van der Waals surface area contributed by atoms with E-state index in [-0.39, 0.29) is 16.8 Å². The van der Waals surface area contributed by atoms with Crippen molar-refractivity contribution in [1.29, 1.82) is 0 Å². The number of hydrogen-bond acceptors (Lipinski definition) is 3. The van der Waals surface area contributed by atoms with Gasteiger partial charge in [-0.25, -0.2) is 8.42 Å². The van der Waals surface area contributed by atoms with Gasteiger partial charge in [0.05, 0.1) is 11.3 Å². The second-order valence-electron chi connectivity index (χ2n) is 7.78. The first-order chi connectivity index (χ1) is 14.8. The third-order valence-electron chi connectivity index (χ3n) is 5.24. The van der Waals surface area contributed by atoms with Gasteiger partial charge >= 0.3 is 0 Å². The Morgan fingerprint density at radius 3 is 1.97 bits per heavy atom. The number of carbonyl (C=O) groups is 1. The number of rotatable bonds is 8. The molecule has 0 aromatic heterocycles. The molecule has 0 fully saturated rings. The summed E-state index contributed by atoms with van der Waals surface area (Å²) in [6.45, 7) is 4.01. The highest BCUT2D eigenvalue weighted by molar-refractivity contribution is 7.89. The molecule has 5 nitrogen and oxygen atoms in total. The summed E-state index contributed by atoms with van der Waals surface area (Å²) in [4.78, 5) is 12.6. The molecule has 0 bridgehead atoms. The average molecular weight is 437 g/mol. The van der Waals surface area contributed by atoms with Gasteiger partial charge in [-0.3, -0.25) is 4.79 Å². The van der Waals surface area contributed by atoms with Gasteiger partial charge in [0.15, 0.2) is 0 Å². The molecule has 1 N–H and O–H groups in total. The monoisotopic (exact) mass is 436 g/mol. The van der Waals surface area contributed by atoms with Crippen LogP contribution < -0.4 is 5.32 Å². The highest BCUT2D eigenvalue weighted by atomic mass is 32.2.